The molecule has 6 nitrogen and oxygen atoms in total. The Kier molecular flexibility index (Phi) is 9.55. The first-order valence-electron chi connectivity index (χ1n) is 9.18. The predicted octanol–water partition coefficient (Wildman–Crippen LogP) is 2.79. The number of hydrogen-bond acceptors (Lipinski definition) is 4. The highest BCUT2D eigenvalue weighted by Crippen LogP contribution is 2.27. The fraction of sp³-hybridized carbons (Fsp3) is 0.600. The zero-order chi connectivity index (χ0) is 19.5. The van der Waals surface area contributed by atoms with E-state index in [2.05, 4.69) is 12.2 Å². The summed E-state index contributed by atoms with van der Waals surface area (Å²) in [7, 11) is 4.95. The molecule has 0 radical (unpaired) electrons. The Bertz CT molecular complexity index is 589. The standard InChI is InChI=1S/C20H32N2O4/c1-6-7-8-9-19(23)21-15(2)20(24)22(3)13-12-16-10-11-17(25-4)18(14-16)26-5/h10-11,14-15H,6-9,12-13H2,1-5H3,(H,21,23). The molecule has 0 aliphatic carbocycles. The SMILES string of the molecule is CCCCCC(=O)NC(C)C(=O)N(C)CCc1ccc(OC)c(OC)c1. The zero-order valence-electron chi connectivity index (χ0n) is 16.6. The maximum atomic E-state index is 12.4. The third-order valence-corrected chi connectivity index (χ3v) is 4.32. The van der Waals surface area contributed by atoms with Gasteiger partial charge in [0.25, 0.3) is 0 Å². The van der Waals surface area contributed by atoms with Crippen LogP contribution < -0.4 is 14.8 Å². The van der Waals surface area contributed by atoms with Crippen LogP contribution in [-0.2, 0) is 16.0 Å². The van der Waals surface area contributed by atoms with Crippen molar-refractivity contribution in [2.75, 3.05) is 27.8 Å². The first-order chi connectivity index (χ1) is 12.4. The number of amides is 2. The molecule has 0 heterocycles. The molecule has 0 aliphatic heterocycles. The van der Waals surface area contributed by atoms with Crippen molar-refractivity contribution >= 4 is 11.8 Å². The van der Waals surface area contributed by atoms with E-state index in [-0.39, 0.29) is 11.8 Å². The minimum Gasteiger partial charge on any atom is -0.493 e. The first kappa shape index (κ1) is 21.8. The van der Waals surface area contributed by atoms with E-state index >= 15 is 0 Å². The Morgan fingerprint density at radius 3 is 2.46 bits per heavy atom. The molecule has 2 amide bonds. The lowest BCUT2D eigenvalue weighted by atomic mass is 10.1. The number of nitrogens with one attached hydrogen (secondary N) is 1. The molecule has 0 aromatic heterocycles. The van der Waals surface area contributed by atoms with E-state index < -0.39 is 6.04 Å². The maximum absolute atomic E-state index is 12.4. The molecular formula is C20H32N2O4. The van der Waals surface area contributed by atoms with E-state index in [9.17, 15) is 9.59 Å². The van der Waals surface area contributed by atoms with Gasteiger partial charge in [0.15, 0.2) is 11.5 Å². The number of likely N-dealkylation sites (N-methyl/N-ethyl adjacent to an activating group) is 1. The minimum absolute atomic E-state index is 0.0624. The second-order valence-corrected chi connectivity index (χ2v) is 6.45. The van der Waals surface area contributed by atoms with Gasteiger partial charge in [-0.15, -0.1) is 0 Å². The molecule has 1 N–H and O–H groups in total. The van der Waals surface area contributed by atoms with Gasteiger partial charge in [-0.1, -0.05) is 25.8 Å². The molecule has 0 fully saturated rings. The van der Waals surface area contributed by atoms with Crippen LogP contribution in [0.2, 0.25) is 0 Å². The highest BCUT2D eigenvalue weighted by Gasteiger charge is 2.19. The minimum atomic E-state index is -0.514. The van der Waals surface area contributed by atoms with Crippen LogP contribution in [0, 0.1) is 0 Å². The highest BCUT2D eigenvalue weighted by atomic mass is 16.5. The van der Waals surface area contributed by atoms with Crippen LogP contribution in [0.25, 0.3) is 0 Å². The van der Waals surface area contributed by atoms with Gasteiger partial charge in [-0.25, -0.2) is 0 Å². The molecular weight excluding hydrogens is 332 g/mol. The van der Waals surface area contributed by atoms with E-state index in [1.165, 1.54) is 0 Å². The van der Waals surface area contributed by atoms with Gasteiger partial charge in [-0.2, -0.15) is 0 Å². The van der Waals surface area contributed by atoms with Crippen molar-refractivity contribution in [1.82, 2.24) is 10.2 Å². The normalized spacial score (nSPS) is 11.6. The predicted molar refractivity (Wildman–Crippen MR) is 103 cm³/mol. The lowest BCUT2D eigenvalue weighted by Gasteiger charge is -2.22. The fourth-order valence-corrected chi connectivity index (χ4v) is 2.68. The van der Waals surface area contributed by atoms with Crippen LogP contribution in [0.4, 0.5) is 0 Å². The quantitative estimate of drug-likeness (QED) is 0.613. The van der Waals surface area contributed by atoms with Crippen molar-refractivity contribution in [2.45, 2.75) is 52.0 Å². The number of hydrogen-bond donors (Lipinski definition) is 1. The molecule has 6 heteroatoms. The van der Waals surface area contributed by atoms with Crippen LogP contribution in [0.15, 0.2) is 18.2 Å². The average Bonchev–Trinajstić information content (AvgIpc) is 2.65. The number of benzene rings is 1. The summed E-state index contributed by atoms with van der Waals surface area (Å²) in [5, 5.41) is 2.78. The Hall–Kier alpha value is -2.24. The number of nitrogens with zero attached hydrogens (tertiary/aromatic N) is 1. The second-order valence-electron chi connectivity index (χ2n) is 6.45. The van der Waals surface area contributed by atoms with Gasteiger partial charge in [0.1, 0.15) is 6.04 Å². The number of carbonyl (C=O) groups is 2. The summed E-state index contributed by atoms with van der Waals surface area (Å²) in [5.41, 5.74) is 1.05. The smallest absolute Gasteiger partial charge is 0.244 e. The average molecular weight is 364 g/mol. The number of ether oxygens (including phenoxy) is 2. The molecule has 1 aromatic rings. The van der Waals surface area contributed by atoms with E-state index in [1.54, 1.807) is 33.1 Å². The van der Waals surface area contributed by atoms with Crippen LogP contribution in [0.3, 0.4) is 0 Å². The summed E-state index contributed by atoms with van der Waals surface area (Å²) in [6.07, 6.45) is 4.13. The number of methoxy groups -OCH3 is 2. The van der Waals surface area contributed by atoms with E-state index in [0.717, 1.165) is 24.8 Å². The van der Waals surface area contributed by atoms with Gasteiger partial charge in [0.2, 0.25) is 11.8 Å². The molecule has 0 saturated carbocycles. The molecule has 26 heavy (non-hydrogen) atoms. The van der Waals surface area contributed by atoms with Gasteiger partial charge >= 0.3 is 0 Å². The summed E-state index contributed by atoms with van der Waals surface area (Å²) >= 11 is 0. The monoisotopic (exact) mass is 364 g/mol. The molecule has 0 saturated heterocycles. The van der Waals surface area contributed by atoms with Crippen LogP contribution in [-0.4, -0.2) is 50.6 Å². The lowest BCUT2D eigenvalue weighted by Crippen LogP contribution is -2.46. The van der Waals surface area contributed by atoms with E-state index in [0.29, 0.717) is 30.9 Å². The maximum Gasteiger partial charge on any atom is 0.244 e. The molecule has 0 aliphatic rings. The van der Waals surface area contributed by atoms with Gasteiger partial charge in [-0.3, -0.25) is 9.59 Å². The molecule has 0 bridgehead atoms. The molecule has 0 spiro atoms. The van der Waals surface area contributed by atoms with Crippen molar-refractivity contribution in [3.8, 4) is 11.5 Å². The summed E-state index contributed by atoms with van der Waals surface area (Å²) in [6.45, 7) is 4.38. The first-order valence-corrected chi connectivity index (χ1v) is 9.18. The Morgan fingerprint density at radius 1 is 1.15 bits per heavy atom. The summed E-state index contributed by atoms with van der Waals surface area (Å²) < 4.78 is 10.5. The van der Waals surface area contributed by atoms with Gasteiger partial charge in [-0.05, 0) is 37.5 Å². The zero-order valence-corrected chi connectivity index (χ0v) is 16.6. The molecule has 1 aromatic carbocycles. The van der Waals surface area contributed by atoms with E-state index in [1.807, 2.05) is 18.2 Å². The van der Waals surface area contributed by atoms with Crippen LogP contribution >= 0.6 is 0 Å². The van der Waals surface area contributed by atoms with Crippen molar-refractivity contribution in [1.29, 1.82) is 0 Å². The fourth-order valence-electron chi connectivity index (χ4n) is 2.68. The van der Waals surface area contributed by atoms with Crippen molar-refractivity contribution in [2.24, 2.45) is 0 Å². The summed E-state index contributed by atoms with van der Waals surface area (Å²) in [4.78, 5) is 25.9. The summed E-state index contributed by atoms with van der Waals surface area (Å²) in [5.74, 6) is 1.20. The van der Waals surface area contributed by atoms with E-state index in [4.69, 9.17) is 9.47 Å². The number of unbranched alkanes of at least 4 members (excludes halogenated alkanes) is 2. The van der Waals surface area contributed by atoms with Crippen LogP contribution in [0.1, 0.15) is 45.1 Å². The molecule has 1 atom stereocenters. The Morgan fingerprint density at radius 2 is 1.85 bits per heavy atom. The highest BCUT2D eigenvalue weighted by molar-refractivity contribution is 5.87. The number of rotatable bonds is 11. The van der Waals surface area contributed by atoms with Crippen molar-refractivity contribution < 1.29 is 19.1 Å². The molecule has 1 rings (SSSR count). The van der Waals surface area contributed by atoms with Crippen LogP contribution in [0.5, 0.6) is 11.5 Å². The van der Waals surface area contributed by atoms with Crippen molar-refractivity contribution in [3.63, 3.8) is 0 Å². The second kappa shape index (κ2) is 11.4. The Balaban J connectivity index is 2.50. The van der Waals surface area contributed by atoms with Gasteiger partial charge in [0.05, 0.1) is 14.2 Å². The lowest BCUT2D eigenvalue weighted by molar-refractivity contribution is -0.134. The van der Waals surface area contributed by atoms with Gasteiger partial charge < -0.3 is 19.7 Å². The summed E-state index contributed by atoms with van der Waals surface area (Å²) in [6, 6.07) is 5.21. The third-order valence-electron chi connectivity index (χ3n) is 4.32. The molecule has 146 valence electrons. The Labute approximate surface area is 156 Å². The molecule has 1 unspecified atom stereocenters. The van der Waals surface area contributed by atoms with Crippen molar-refractivity contribution in [3.05, 3.63) is 23.8 Å². The third kappa shape index (κ3) is 6.94. The largest absolute Gasteiger partial charge is 0.493 e. The topological polar surface area (TPSA) is 67.9 Å². The number of carbonyl (C=O) groups excluding carboxylic acids is 2. The van der Waals surface area contributed by atoms with Gasteiger partial charge in [0, 0.05) is 20.0 Å².